The maximum absolute atomic E-state index is 6.20. The number of aryl methyl sites for hydroxylation is 1. The Labute approximate surface area is 161 Å². The number of para-hydroxylation sites is 3. The topological polar surface area (TPSA) is 27.1 Å². The van der Waals surface area contributed by atoms with E-state index in [0.717, 1.165) is 17.9 Å². The van der Waals surface area contributed by atoms with E-state index in [1.165, 1.54) is 44.0 Å². The molecule has 0 fully saturated rings. The fourth-order valence-corrected chi connectivity index (χ4v) is 3.43. The molecule has 0 aliphatic heterocycles. The molecule has 0 radical (unpaired) electrons. The van der Waals surface area contributed by atoms with Gasteiger partial charge < -0.3 is 9.30 Å². The number of fused-ring (bicyclic) bond motifs is 1. The third-order valence-electron chi connectivity index (χ3n) is 4.66. The van der Waals surface area contributed by atoms with E-state index in [9.17, 15) is 0 Å². The van der Waals surface area contributed by atoms with Gasteiger partial charge in [0, 0.05) is 6.54 Å². The molecule has 0 saturated carbocycles. The van der Waals surface area contributed by atoms with E-state index in [4.69, 9.17) is 21.3 Å². The zero-order valence-corrected chi connectivity index (χ0v) is 16.2. The number of hydrogen-bond donors (Lipinski definition) is 0. The lowest BCUT2D eigenvalue weighted by molar-refractivity contribution is 0.289. The fourth-order valence-electron chi connectivity index (χ4n) is 3.24. The summed E-state index contributed by atoms with van der Waals surface area (Å²) in [6, 6.07) is 15.9. The number of imidazole rings is 1. The van der Waals surface area contributed by atoms with Gasteiger partial charge in [0.2, 0.25) is 0 Å². The minimum Gasteiger partial charge on any atom is -0.484 e. The fraction of sp³-hybridized carbons (Fsp3) is 0.409. The van der Waals surface area contributed by atoms with Gasteiger partial charge in [-0.1, -0.05) is 74.9 Å². The van der Waals surface area contributed by atoms with E-state index < -0.39 is 0 Å². The Kier molecular flexibility index (Phi) is 6.96. The summed E-state index contributed by atoms with van der Waals surface area (Å²) in [6.07, 6.45) is 7.71. The van der Waals surface area contributed by atoms with Gasteiger partial charge >= 0.3 is 0 Å². The predicted molar refractivity (Wildman–Crippen MR) is 109 cm³/mol. The maximum Gasteiger partial charge on any atom is 0.147 e. The monoisotopic (exact) mass is 370 g/mol. The number of halogens is 1. The first kappa shape index (κ1) is 18.8. The highest BCUT2D eigenvalue weighted by Crippen LogP contribution is 2.25. The van der Waals surface area contributed by atoms with Gasteiger partial charge in [-0.15, -0.1) is 0 Å². The van der Waals surface area contributed by atoms with Gasteiger partial charge in [0.05, 0.1) is 16.1 Å². The molecule has 1 aromatic heterocycles. The molecule has 0 amide bonds. The van der Waals surface area contributed by atoms with Crippen LogP contribution in [0.3, 0.4) is 0 Å². The molecular formula is C22H27ClN2O. The van der Waals surface area contributed by atoms with Crippen molar-refractivity contribution in [3.8, 4) is 5.75 Å². The highest BCUT2D eigenvalue weighted by atomic mass is 35.5. The maximum atomic E-state index is 6.20. The Morgan fingerprint density at radius 1 is 0.923 bits per heavy atom. The first-order valence-electron chi connectivity index (χ1n) is 9.61. The number of benzene rings is 2. The van der Waals surface area contributed by atoms with Crippen molar-refractivity contribution in [1.29, 1.82) is 0 Å². The van der Waals surface area contributed by atoms with Gasteiger partial charge in [-0.2, -0.15) is 0 Å². The minimum atomic E-state index is 0.425. The Morgan fingerprint density at radius 3 is 2.50 bits per heavy atom. The van der Waals surface area contributed by atoms with Crippen LogP contribution in [0.1, 0.15) is 51.3 Å². The molecule has 1 heterocycles. The lowest BCUT2D eigenvalue weighted by atomic mass is 10.1. The van der Waals surface area contributed by atoms with Crippen molar-refractivity contribution in [2.45, 2.75) is 58.6 Å². The molecule has 0 bridgehead atoms. The lowest BCUT2D eigenvalue weighted by Gasteiger charge is -2.11. The van der Waals surface area contributed by atoms with Crippen LogP contribution in [0.15, 0.2) is 48.5 Å². The van der Waals surface area contributed by atoms with Gasteiger partial charge in [-0.05, 0) is 30.7 Å². The molecule has 3 nitrogen and oxygen atoms in total. The average Bonchev–Trinajstić information content (AvgIpc) is 3.01. The molecule has 0 aliphatic rings. The van der Waals surface area contributed by atoms with Gasteiger partial charge in [-0.3, -0.25) is 0 Å². The van der Waals surface area contributed by atoms with Crippen LogP contribution in [0.2, 0.25) is 5.02 Å². The van der Waals surface area contributed by atoms with Crippen molar-refractivity contribution in [2.75, 3.05) is 0 Å². The minimum absolute atomic E-state index is 0.425. The Balaban J connectivity index is 1.69. The van der Waals surface area contributed by atoms with E-state index in [1.54, 1.807) is 0 Å². The zero-order chi connectivity index (χ0) is 18.2. The third kappa shape index (κ3) is 4.79. The van der Waals surface area contributed by atoms with Gasteiger partial charge in [0.25, 0.3) is 0 Å². The number of nitrogens with zero attached hydrogens (tertiary/aromatic N) is 2. The van der Waals surface area contributed by atoms with E-state index in [-0.39, 0.29) is 0 Å². The molecule has 0 spiro atoms. The molecule has 0 atom stereocenters. The molecule has 2 aromatic carbocycles. The Morgan fingerprint density at radius 2 is 1.65 bits per heavy atom. The quantitative estimate of drug-likeness (QED) is 0.374. The van der Waals surface area contributed by atoms with Gasteiger partial charge in [0.15, 0.2) is 0 Å². The van der Waals surface area contributed by atoms with Crippen LogP contribution in [-0.4, -0.2) is 9.55 Å². The highest BCUT2D eigenvalue weighted by Gasteiger charge is 2.11. The molecule has 138 valence electrons. The molecule has 0 unspecified atom stereocenters. The SMILES string of the molecule is CCCCCCCCn1c(COc2ccccc2Cl)nc2ccccc21. The largest absolute Gasteiger partial charge is 0.484 e. The summed E-state index contributed by atoms with van der Waals surface area (Å²) in [7, 11) is 0. The summed E-state index contributed by atoms with van der Waals surface area (Å²) in [6.45, 7) is 3.66. The van der Waals surface area contributed by atoms with Crippen molar-refractivity contribution in [2.24, 2.45) is 0 Å². The number of aromatic nitrogens is 2. The number of hydrogen-bond acceptors (Lipinski definition) is 2. The molecule has 0 saturated heterocycles. The first-order chi connectivity index (χ1) is 12.8. The van der Waals surface area contributed by atoms with Crippen molar-refractivity contribution in [1.82, 2.24) is 9.55 Å². The summed E-state index contributed by atoms with van der Waals surface area (Å²) < 4.78 is 8.23. The van der Waals surface area contributed by atoms with Crippen LogP contribution >= 0.6 is 11.6 Å². The molecule has 4 heteroatoms. The van der Waals surface area contributed by atoms with E-state index in [2.05, 4.69) is 29.7 Å². The van der Waals surface area contributed by atoms with Crippen molar-refractivity contribution in [3.05, 3.63) is 59.4 Å². The summed E-state index contributed by atoms with van der Waals surface area (Å²) in [5.74, 6) is 1.66. The van der Waals surface area contributed by atoms with Crippen molar-refractivity contribution < 1.29 is 4.74 Å². The van der Waals surface area contributed by atoms with Crippen LogP contribution in [0.5, 0.6) is 5.75 Å². The smallest absolute Gasteiger partial charge is 0.147 e. The molecule has 0 aliphatic carbocycles. The zero-order valence-electron chi connectivity index (χ0n) is 15.5. The van der Waals surface area contributed by atoms with Crippen LogP contribution in [0.4, 0.5) is 0 Å². The molecular weight excluding hydrogens is 344 g/mol. The average molecular weight is 371 g/mol. The number of unbranched alkanes of at least 4 members (excludes halogenated alkanes) is 5. The van der Waals surface area contributed by atoms with Crippen molar-refractivity contribution in [3.63, 3.8) is 0 Å². The Bertz CT molecular complexity index is 828. The first-order valence-corrected chi connectivity index (χ1v) is 9.99. The Hall–Kier alpha value is -2.00. The van der Waals surface area contributed by atoms with Crippen LogP contribution in [-0.2, 0) is 13.2 Å². The summed E-state index contributed by atoms with van der Waals surface area (Å²) in [5.41, 5.74) is 2.20. The van der Waals surface area contributed by atoms with E-state index >= 15 is 0 Å². The van der Waals surface area contributed by atoms with E-state index in [1.807, 2.05) is 30.3 Å². The summed E-state index contributed by atoms with van der Waals surface area (Å²) in [5, 5.41) is 0.631. The van der Waals surface area contributed by atoms with Crippen LogP contribution in [0.25, 0.3) is 11.0 Å². The second-order valence-electron chi connectivity index (χ2n) is 6.66. The van der Waals surface area contributed by atoms with Crippen LogP contribution in [0, 0.1) is 0 Å². The van der Waals surface area contributed by atoms with Crippen LogP contribution < -0.4 is 4.74 Å². The van der Waals surface area contributed by atoms with Crippen molar-refractivity contribution >= 4 is 22.6 Å². The molecule has 26 heavy (non-hydrogen) atoms. The normalized spacial score (nSPS) is 11.2. The van der Waals surface area contributed by atoms with Gasteiger partial charge in [-0.25, -0.2) is 4.98 Å². The standard InChI is InChI=1S/C22H27ClN2O/c1-2-3-4-5-6-11-16-25-20-14-9-8-13-19(20)24-22(25)17-26-21-15-10-7-12-18(21)23/h7-10,12-15H,2-6,11,16-17H2,1H3. The molecule has 3 rings (SSSR count). The summed E-state index contributed by atoms with van der Waals surface area (Å²) in [4.78, 5) is 4.78. The molecule has 0 N–H and O–H groups in total. The van der Waals surface area contributed by atoms with Gasteiger partial charge in [0.1, 0.15) is 18.2 Å². The van der Waals surface area contributed by atoms with E-state index in [0.29, 0.717) is 17.4 Å². The number of ether oxygens (including phenoxy) is 1. The molecule has 3 aromatic rings. The predicted octanol–water partition coefficient (Wildman–Crippen LogP) is 6.63. The second-order valence-corrected chi connectivity index (χ2v) is 7.06. The second kappa shape index (κ2) is 9.63. The number of rotatable bonds is 10. The third-order valence-corrected chi connectivity index (χ3v) is 4.97. The summed E-state index contributed by atoms with van der Waals surface area (Å²) >= 11 is 6.20. The highest BCUT2D eigenvalue weighted by molar-refractivity contribution is 6.32. The lowest BCUT2D eigenvalue weighted by Crippen LogP contribution is -2.08.